The number of hydrogen-bond acceptors (Lipinski definition) is 6. The van der Waals surface area contributed by atoms with Crippen LogP contribution in [0, 0.1) is 0 Å². The molecule has 12 rings (SSSR count). The highest BCUT2D eigenvalue weighted by Crippen LogP contribution is 2.63. The number of allylic oxidation sites excluding steroid dienone is 2. The van der Waals surface area contributed by atoms with Gasteiger partial charge in [-0.05, 0) is 70.8 Å². The van der Waals surface area contributed by atoms with Gasteiger partial charge in [-0.1, -0.05) is 146 Å². The molecule has 1 aromatic heterocycles. The van der Waals surface area contributed by atoms with Crippen molar-refractivity contribution in [2.45, 2.75) is 21.6 Å². The molecule has 1 spiro atoms. The molecule has 4 aliphatic rings. The lowest BCUT2D eigenvalue weighted by atomic mass is 9.66. The van der Waals surface area contributed by atoms with E-state index in [9.17, 15) is 0 Å². The van der Waals surface area contributed by atoms with Gasteiger partial charge in [0.2, 0.25) is 0 Å². The summed E-state index contributed by atoms with van der Waals surface area (Å²) in [6.45, 7) is 0. The summed E-state index contributed by atoms with van der Waals surface area (Å²) in [5.41, 5.74) is 11.5. The molecule has 274 valence electrons. The van der Waals surface area contributed by atoms with Crippen LogP contribution in [0.4, 0.5) is 11.4 Å². The van der Waals surface area contributed by atoms with Gasteiger partial charge in [0, 0.05) is 32.8 Å². The van der Waals surface area contributed by atoms with Crippen LogP contribution in [0.3, 0.4) is 0 Å². The van der Waals surface area contributed by atoms with E-state index in [0.29, 0.717) is 22.7 Å². The van der Waals surface area contributed by atoms with E-state index in [2.05, 4.69) is 175 Å². The summed E-state index contributed by atoms with van der Waals surface area (Å²) in [6, 6.07) is 60.2. The molecular weight excluding hydrogens is 729 g/mol. The minimum atomic E-state index is -0.588. The molecule has 2 unspecified atom stereocenters. The van der Waals surface area contributed by atoms with Gasteiger partial charge in [0.1, 0.15) is 11.5 Å². The molecule has 0 N–H and O–H groups in total. The Bertz CT molecular complexity index is 2950. The zero-order valence-corrected chi connectivity index (χ0v) is 32.1. The third kappa shape index (κ3) is 4.88. The second-order valence-corrected chi connectivity index (χ2v) is 16.2. The van der Waals surface area contributed by atoms with E-state index in [4.69, 9.17) is 19.7 Å². The number of ether oxygens (including phenoxy) is 1. The summed E-state index contributed by atoms with van der Waals surface area (Å²) in [4.78, 5) is 19.3. The molecule has 0 fully saturated rings. The highest BCUT2D eigenvalue weighted by Gasteiger charge is 2.51. The minimum Gasteiger partial charge on any atom is -0.456 e. The van der Waals surface area contributed by atoms with Crippen molar-refractivity contribution in [2.24, 2.45) is 0 Å². The first-order valence-electron chi connectivity index (χ1n) is 19.7. The number of rotatable bonds is 4. The molecule has 2 aliphatic carbocycles. The van der Waals surface area contributed by atoms with E-state index >= 15 is 0 Å². The molecule has 0 amide bonds. The van der Waals surface area contributed by atoms with E-state index in [0.717, 1.165) is 45.0 Å². The van der Waals surface area contributed by atoms with Crippen molar-refractivity contribution in [1.82, 2.24) is 15.0 Å². The Morgan fingerprint density at radius 1 is 0.483 bits per heavy atom. The van der Waals surface area contributed by atoms with Crippen molar-refractivity contribution in [1.29, 1.82) is 0 Å². The first kappa shape index (κ1) is 33.2. The Labute approximate surface area is 341 Å². The van der Waals surface area contributed by atoms with Gasteiger partial charge in [0.25, 0.3) is 0 Å². The van der Waals surface area contributed by atoms with Gasteiger partial charge in [-0.3, -0.25) is 0 Å². The van der Waals surface area contributed by atoms with E-state index in [-0.39, 0.29) is 6.04 Å². The maximum Gasteiger partial charge on any atom is 0.167 e. The number of fused-ring (bicyclic) bond motifs is 11. The molecule has 8 aromatic rings. The fourth-order valence-corrected chi connectivity index (χ4v) is 10.7. The molecule has 6 heteroatoms. The van der Waals surface area contributed by atoms with Crippen LogP contribution in [0.5, 0.6) is 11.5 Å². The molecular formula is C52H34N4OS. The Morgan fingerprint density at radius 2 is 1.07 bits per heavy atom. The first-order chi connectivity index (χ1) is 28.8. The average Bonchev–Trinajstić information content (AvgIpc) is 3.59. The van der Waals surface area contributed by atoms with Gasteiger partial charge in [0.05, 0.1) is 28.0 Å². The number of anilines is 2. The van der Waals surface area contributed by atoms with Gasteiger partial charge in [-0.2, -0.15) is 0 Å². The van der Waals surface area contributed by atoms with Crippen molar-refractivity contribution in [3.8, 4) is 56.8 Å². The molecule has 0 bridgehead atoms. The van der Waals surface area contributed by atoms with Crippen LogP contribution in [-0.4, -0.2) is 26.2 Å². The lowest BCUT2D eigenvalue weighted by Gasteiger charge is -2.42. The van der Waals surface area contributed by atoms with Crippen molar-refractivity contribution in [2.75, 3.05) is 4.90 Å². The Morgan fingerprint density at radius 3 is 1.84 bits per heavy atom. The van der Waals surface area contributed by atoms with Gasteiger partial charge < -0.3 is 9.64 Å². The molecule has 2 aliphatic heterocycles. The maximum absolute atomic E-state index is 7.01. The molecule has 7 aromatic carbocycles. The smallest absolute Gasteiger partial charge is 0.167 e. The number of para-hydroxylation sites is 3. The van der Waals surface area contributed by atoms with E-state index < -0.39 is 5.41 Å². The number of hydrogen-bond donors (Lipinski definition) is 0. The number of nitrogens with zero attached hydrogens (tertiary/aromatic N) is 4. The van der Waals surface area contributed by atoms with Crippen LogP contribution in [-0.2, 0) is 5.41 Å². The monoisotopic (exact) mass is 762 g/mol. The molecule has 5 nitrogen and oxygen atoms in total. The Balaban J connectivity index is 1.03. The van der Waals surface area contributed by atoms with Crippen LogP contribution in [0.1, 0.15) is 22.3 Å². The zero-order valence-electron chi connectivity index (χ0n) is 31.2. The predicted octanol–water partition coefficient (Wildman–Crippen LogP) is 12.4. The summed E-state index contributed by atoms with van der Waals surface area (Å²) in [5, 5.41) is 0.329. The topological polar surface area (TPSA) is 51.1 Å². The highest BCUT2D eigenvalue weighted by molar-refractivity contribution is 8.00. The van der Waals surface area contributed by atoms with Gasteiger partial charge in [-0.25, -0.2) is 15.0 Å². The quantitative estimate of drug-likeness (QED) is 0.178. The number of thioether (sulfide) groups is 1. The summed E-state index contributed by atoms with van der Waals surface area (Å²) < 4.78 is 7.01. The lowest BCUT2D eigenvalue weighted by molar-refractivity contribution is 0.437. The largest absolute Gasteiger partial charge is 0.456 e. The SMILES string of the molecule is C1=CC2Sc3ccccc3N(c3ccc(-c4nc(-c5ccccc5)nc(-c5cccc6c5Oc5ccccc5C65c6ccccc6-c6ccccc65)n4)cc3)C2C=C1. The van der Waals surface area contributed by atoms with E-state index in [1.54, 1.807) is 0 Å². The van der Waals surface area contributed by atoms with Gasteiger partial charge >= 0.3 is 0 Å². The summed E-state index contributed by atoms with van der Waals surface area (Å²) in [7, 11) is 0. The van der Waals surface area contributed by atoms with E-state index in [1.165, 1.54) is 32.8 Å². The summed E-state index contributed by atoms with van der Waals surface area (Å²) in [5.74, 6) is 3.34. The molecule has 2 atom stereocenters. The summed E-state index contributed by atoms with van der Waals surface area (Å²) >= 11 is 1.93. The number of benzene rings is 7. The standard InChI is InChI=1S/C52H34N4OS/c1-2-15-33(16-3-1)49-53-50(34-29-31-35(32-30-34)56-43-24-9-12-27-46(43)58-47-28-13-10-25-44(47)56)55-51(54-49)38-19-14-23-42-48(38)57-45-26-11-8-22-41(45)52(42)39-20-6-4-17-36(39)37-18-5-7-21-40(37)52/h1-32,43,46H. The third-order valence-electron chi connectivity index (χ3n) is 11.9. The van der Waals surface area contributed by atoms with Crippen molar-refractivity contribution in [3.05, 3.63) is 216 Å². The highest BCUT2D eigenvalue weighted by atomic mass is 32.2. The Hall–Kier alpha value is -7.02. The van der Waals surface area contributed by atoms with Crippen LogP contribution in [0.25, 0.3) is 45.3 Å². The predicted molar refractivity (Wildman–Crippen MR) is 234 cm³/mol. The average molecular weight is 763 g/mol. The zero-order chi connectivity index (χ0) is 38.2. The molecule has 3 heterocycles. The maximum atomic E-state index is 7.01. The molecule has 0 radical (unpaired) electrons. The van der Waals surface area contributed by atoms with Crippen molar-refractivity contribution in [3.63, 3.8) is 0 Å². The third-order valence-corrected chi connectivity index (χ3v) is 13.2. The molecule has 0 saturated heterocycles. The van der Waals surface area contributed by atoms with Crippen LogP contribution in [0.15, 0.2) is 199 Å². The fourth-order valence-electron chi connectivity index (χ4n) is 9.46. The van der Waals surface area contributed by atoms with Crippen LogP contribution >= 0.6 is 11.8 Å². The first-order valence-corrected chi connectivity index (χ1v) is 20.6. The molecule has 0 saturated carbocycles. The number of aromatic nitrogens is 3. The van der Waals surface area contributed by atoms with Gasteiger partial charge in [-0.15, -0.1) is 11.8 Å². The summed E-state index contributed by atoms with van der Waals surface area (Å²) in [6.07, 6.45) is 8.93. The lowest BCUT2D eigenvalue weighted by Crippen LogP contribution is -2.40. The fraction of sp³-hybridized carbons (Fsp3) is 0.0577. The van der Waals surface area contributed by atoms with Gasteiger partial charge in [0.15, 0.2) is 17.5 Å². The van der Waals surface area contributed by atoms with Crippen LogP contribution < -0.4 is 9.64 Å². The Kier molecular flexibility index (Phi) is 7.44. The molecule has 58 heavy (non-hydrogen) atoms. The van der Waals surface area contributed by atoms with Crippen molar-refractivity contribution < 1.29 is 4.74 Å². The van der Waals surface area contributed by atoms with Crippen LogP contribution in [0.2, 0.25) is 0 Å². The second kappa shape index (κ2) is 13.0. The normalized spacial score (nSPS) is 17.3. The second-order valence-electron chi connectivity index (χ2n) is 15.0. The van der Waals surface area contributed by atoms with E-state index in [1.807, 2.05) is 36.0 Å². The minimum absolute atomic E-state index is 0.209. The van der Waals surface area contributed by atoms with Crippen molar-refractivity contribution >= 4 is 23.1 Å².